The molecule has 38 heavy (non-hydrogen) atoms. The molecule has 0 unspecified atom stereocenters. The third-order valence-electron chi connectivity index (χ3n) is 6.95. The first kappa shape index (κ1) is 28.3. The topological polar surface area (TPSA) is 113 Å². The standard InChI is InChI=1S/C27H33Cl2N5O4/c1-2-38-27(37)23(33-25(35)22-13-19(14-31-22)34-10-4-3-5-11-34)12-17-6-8-18(9-7-17)32-26(36)24-20(28)15-30-16-21(24)29/h6-9,15-16,19,22-23,31H,2-5,10-14H2,1H3,(H,32,36)(H,33,35)/t19-,22+,23+/m1/s1. The van der Waals surface area contributed by atoms with Crippen LogP contribution in [0.5, 0.6) is 0 Å². The Morgan fingerprint density at radius 1 is 1.11 bits per heavy atom. The lowest BCUT2D eigenvalue weighted by Gasteiger charge is -2.31. The summed E-state index contributed by atoms with van der Waals surface area (Å²) in [6.45, 7) is 4.87. The molecule has 2 saturated heterocycles. The molecule has 1 aromatic heterocycles. The second-order valence-electron chi connectivity index (χ2n) is 9.59. The molecule has 3 atom stereocenters. The van der Waals surface area contributed by atoms with E-state index < -0.39 is 17.9 Å². The highest BCUT2D eigenvalue weighted by Crippen LogP contribution is 2.24. The van der Waals surface area contributed by atoms with E-state index in [1.54, 1.807) is 31.2 Å². The highest BCUT2D eigenvalue weighted by Gasteiger charge is 2.35. The van der Waals surface area contributed by atoms with Crippen molar-refractivity contribution in [3.63, 3.8) is 0 Å². The molecule has 0 radical (unpaired) electrons. The summed E-state index contributed by atoms with van der Waals surface area (Å²) >= 11 is 12.1. The van der Waals surface area contributed by atoms with Crippen LogP contribution in [0.1, 0.15) is 48.5 Å². The van der Waals surface area contributed by atoms with Crippen molar-refractivity contribution < 1.29 is 19.1 Å². The maximum atomic E-state index is 13.1. The molecule has 0 spiro atoms. The van der Waals surface area contributed by atoms with Crippen LogP contribution in [0, 0.1) is 0 Å². The predicted octanol–water partition coefficient (Wildman–Crippen LogP) is 3.45. The molecule has 9 nitrogen and oxygen atoms in total. The molecule has 3 heterocycles. The van der Waals surface area contributed by atoms with Crippen LogP contribution in [0.2, 0.25) is 10.0 Å². The highest BCUT2D eigenvalue weighted by molar-refractivity contribution is 6.40. The van der Waals surface area contributed by atoms with Gasteiger partial charge in [-0.3, -0.25) is 19.5 Å². The first-order valence-electron chi connectivity index (χ1n) is 13.0. The smallest absolute Gasteiger partial charge is 0.328 e. The summed E-state index contributed by atoms with van der Waals surface area (Å²) in [6, 6.07) is 6.15. The Morgan fingerprint density at radius 3 is 2.45 bits per heavy atom. The predicted molar refractivity (Wildman–Crippen MR) is 147 cm³/mol. The van der Waals surface area contributed by atoms with Crippen LogP contribution in [0.4, 0.5) is 5.69 Å². The Kier molecular flexibility index (Phi) is 9.96. The highest BCUT2D eigenvalue weighted by atomic mass is 35.5. The second kappa shape index (κ2) is 13.4. The van der Waals surface area contributed by atoms with Crippen molar-refractivity contribution in [2.45, 2.75) is 57.2 Å². The zero-order valence-electron chi connectivity index (χ0n) is 21.3. The van der Waals surface area contributed by atoms with E-state index >= 15 is 0 Å². The number of rotatable bonds is 9. The number of nitrogens with one attached hydrogen (secondary N) is 3. The molecule has 2 aromatic rings. The van der Waals surface area contributed by atoms with Crippen LogP contribution in [0.15, 0.2) is 36.7 Å². The monoisotopic (exact) mass is 561 g/mol. The van der Waals surface area contributed by atoms with E-state index in [0.29, 0.717) is 11.7 Å². The fraction of sp³-hybridized carbons (Fsp3) is 0.481. The summed E-state index contributed by atoms with van der Waals surface area (Å²) in [4.78, 5) is 44.7. The molecule has 2 aliphatic heterocycles. The zero-order chi connectivity index (χ0) is 27.1. The number of esters is 1. The Balaban J connectivity index is 1.36. The molecule has 2 aliphatic rings. The lowest BCUT2D eigenvalue weighted by molar-refractivity contribution is -0.147. The van der Waals surface area contributed by atoms with Crippen molar-refractivity contribution in [2.24, 2.45) is 0 Å². The summed E-state index contributed by atoms with van der Waals surface area (Å²) < 4.78 is 5.23. The summed E-state index contributed by atoms with van der Waals surface area (Å²) in [5.74, 6) is -1.14. The first-order valence-corrected chi connectivity index (χ1v) is 13.7. The molecular formula is C27H33Cl2N5O4. The van der Waals surface area contributed by atoms with Gasteiger partial charge in [0.05, 0.1) is 28.3 Å². The van der Waals surface area contributed by atoms with Gasteiger partial charge in [0.15, 0.2) is 0 Å². The molecule has 1 aromatic carbocycles. The number of likely N-dealkylation sites (tertiary alicyclic amines) is 1. The van der Waals surface area contributed by atoms with Crippen LogP contribution >= 0.6 is 23.2 Å². The quantitative estimate of drug-likeness (QED) is 0.402. The number of hydrogen-bond acceptors (Lipinski definition) is 7. The van der Waals surface area contributed by atoms with Crippen molar-refractivity contribution in [1.29, 1.82) is 0 Å². The third kappa shape index (κ3) is 7.22. The van der Waals surface area contributed by atoms with E-state index in [-0.39, 0.29) is 40.6 Å². The number of anilines is 1. The van der Waals surface area contributed by atoms with Crippen LogP contribution in [-0.2, 0) is 20.7 Å². The fourth-order valence-corrected chi connectivity index (χ4v) is 5.50. The lowest BCUT2D eigenvalue weighted by Crippen LogP contribution is -2.49. The van der Waals surface area contributed by atoms with Gasteiger partial charge in [-0.2, -0.15) is 0 Å². The van der Waals surface area contributed by atoms with Crippen molar-refractivity contribution in [3.8, 4) is 0 Å². The summed E-state index contributed by atoms with van der Waals surface area (Å²) in [7, 11) is 0. The SMILES string of the molecule is CCOC(=O)[C@H](Cc1ccc(NC(=O)c2c(Cl)cncc2Cl)cc1)NC(=O)[C@@H]1C[C@@H](N2CCCCC2)CN1. The van der Waals surface area contributed by atoms with Gasteiger partial charge in [-0.1, -0.05) is 41.8 Å². The number of halogens is 2. The molecule has 4 rings (SSSR count). The molecule has 0 bridgehead atoms. The van der Waals surface area contributed by atoms with Crippen LogP contribution in [-0.4, -0.2) is 72.0 Å². The van der Waals surface area contributed by atoms with Crippen molar-refractivity contribution >= 4 is 46.7 Å². The van der Waals surface area contributed by atoms with Gasteiger partial charge in [0, 0.05) is 37.1 Å². The number of nitrogens with zero attached hydrogens (tertiary/aromatic N) is 2. The number of piperidine rings is 1. The van der Waals surface area contributed by atoms with Gasteiger partial charge in [-0.05, 0) is 57.0 Å². The van der Waals surface area contributed by atoms with E-state index in [9.17, 15) is 14.4 Å². The first-order chi connectivity index (χ1) is 18.4. The van der Waals surface area contributed by atoms with Crippen LogP contribution < -0.4 is 16.0 Å². The number of aromatic nitrogens is 1. The molecule has 2 fully saturated rings. The second-order valence-corrected chi connectivity index (χ2v) is 10.4. The molecule has 11 heteroatoms. The molecule has 2 amide bonds. The molecule has 0 saturated carbocycles. The molecule has 0 aliphatic carbocycles. The van der Waals surface area contributed by atoms with Crippen molar-refractivity contribution in [3.05, 3.63) is 57.8 Å². The van der Waals surface area contributed by atoms with Gasteiger partial charge in [0.25, 0.3) is 5.91 Å². The summed E-state index contributed by atoms with van der Waals surface area (Å²) in [6.07, 6.45) is 7.35. The van der Waals surface area contributed by atoms with E-state index in [4.69, 9.17) is 27.9 Å². The fourth-order valence-electron chi connectivity index (χ4n) is 4.97. The van der Waals surface area contributed by atoms with Gasteiger partial charge < -0.3 is 20.7 Å². The Hall–Kier alpha value is -2.72. The van der Waals surface area contributed by atoms with Gasteiger partial charge in [0.1, 0.15) is 6.04 Å². The maximum Gasteiger partial charge on any atom is 0.328 e. The average Bonchev–Trinajstić information content (AvgIpc) is 3.41. The van der Waals surface area contributed by atoms with Gasteiger partial charge in [0.2, 0.25) is 5.91 Å². The minimum absolute atomic E-state index is 0.139. The zero-order valence-corrected chi connectivity index (χ0v) is 22.9. The van der Waals surface area contributed by atoms with Crippen LogP contribution in [0.25, 0.3) is 0 Å². The lowest BCUT2D eigenvalue weighted by atomic mass is 10.0. The summed E-state index contributed by atoms with van der Waals surface area (Å²) in [5.41, 5.74) is 1.46. The number of pyridine rings is 1. The Morgan fingerprint density at radius 2 is 1.79 bits per heavy atom. The minimum atomic E-state index is -0.826. The normalized spacial score (nSPS) is 20.5. The largest absolute Gasteiger partial charge is 0.464 e. The van der Waals surface area contributed by atoms with E-state index in [1.165, 1.54) is 31.7 Å². The van der Waals surface area contributed by atoms with Gasteiger partial charge >= 0.3 is 5.97 Å². The number of carbonyl (C=O) groups is 3. The molecule has 3 N–H and O–H groups in total. The number of benzene rings is 1. The third-order valence-corrected chi connectivity index (χ3v) is 7.52. The number of carbonyl (C=O) groups excluding carboxylic acids is 3. The number of ether oxygens (including phenoxy) is 1. The van der Waals surface area contributed by atoms with Crippen molar-refractivity contribution in [2.75, 3.05) is 31.6 Å². The Bertz CT molecular complexity index is 1120. The van der Waals surface area contributed by atoms with E-state index in [0.717, 1.165) is 31.6 Å². The Labute approximate surface area is 232 Å². The maximum absolute atomic E-state index is 13.1. The van der Waals surface area contributed by atoms with E-state index in [1.807, 2.05) is 0 Å². The van der Waals surface area contributed by atoms with Gasteiger partial charge in [-0.15, -0.1) is 0 Å². The van der Waals surface area contributed by atoms with Crippen molar-refractivity contribution in [1.82, 2.24) is 20.5 Å². The van der Waals surface area contributed by atoms with Crippen LogP contribution in [0.3, 0.4) is 0 Å². The number of hydrogen-bond donors (Lipinski definition) is 3. The summed E-state index contributed by atoms with van der Waals surface area (Å²) in [5, 5.41) is 9.28. The van der Waals surface area contributed by atoms with Gasteiger partial charge in [-0.25, -0.2) is 4.79 Å². The van der Waals surface area contributed by atoms with E-state index in [2.05, 4.69) is 25.8 Å². The minimum Gasteiger partial charge on any atom is -0.464 e. The molecule has 204 valence electrons. The average molecular weight is 562 g/mol. The molecular weight excluding hydrogens is 529 g/mol. The number of amides is 2.